The molecule has 0 saturated heterocycles. The van der Waals surface area contributed by atoms with E-state index >= 15 is 0 Å². The molecule has 1 aliphatic heterocycles. The van der Waals surface area contributed by atoms with E-state index in [-0.39, 0.29) is 18.0 Å². The van der Waals surface area contributed by atoms with Crippen LogP contribution in [0.25, 0.3) is 27.7 Å². The van der Waals surface area contributed by atoms with Crippen LogP contribution in [0.2, 0.25) is 0 Å². The number of benzene rings is 2. The number of rotatable bonds is 4. The quantitative estimate of drug-likeness (QED) is 0.426. The summed E-state index contributed by atoms with van der Waals surface area (Å²) in [5.74, 6) is 0.0701. The minimum atomic E-state index is -0.408. The van der Waals surface area contributed by atoms with Crippen molar-refractivity contribution < 1.29 is 9.13 Å². The van der Waals surface area contributed by atoms with Crippen molar-refractivity contribution in [3.05, 3.63) is 82.2 Å². The predicted octanol–water partition coefficient (Wildman–Crippen LogP) is 4.94. The molecule has 0 unspecified atom stereocenters. The van der Waals surface area contributed by atoms with Gasteiger partial charge in [0.1, 0.15) is 11.6 Å². The smallest absolute Gasteiger partial charge is 0.255 e. The van der Waals surface area contributed by atoms with Crippen molar-refractivity contribution in [2.24, 2.45) is 7.05 Å². The first-order valence-corrected chi connectivity index (χ1v) is 10.9. The molecule has 3 heterocycles. The maximum Gasteiger partial charge on any atom is 0.255 e. The van der Waals surface area contributed by atoms with E-state index in [1.807, 2.05) is 13.0 Å². The van der Waals surface area contributed by atoms with Crippen molar-refractivity contribution in [1.82, 2.24) is 14.0 Å². The Balaban J connectivity index is 0.00000259. The molecule has 0 radical (unpaired) electrons. The molecule has 7 heteroatoms. The molecular weight excluding hydrogens is 441 g/mol. The Kier molecular flexibility index (Phi) is 6.32. The average Bonchev–Trinajstić information content (AvgIpc) is 3.05. The minimum Gasteiger partial charge on any atom is -0.494 e. The van der Waals surface area contributed by atoms with E-state index in [9.17, 15) is 9.18 Å². The molecule has 2 aromatic carbocycles. The second kappa shape index (κ2) is 9.04. The molecule has 5 rings (SSSR count). The van der Waals surface area contributed by atoms with E-state index < -0.39 is 5.82 Å². The van der Waals surface area contributed by atoms with Gasteiger partial charge in [-0.15, -0.1) is 12.4 Å². The van der Waals surface area contributed by atoms with Gasteiger partial charge in [0.15, 0.2) is 0 Å². The first-order chi connectivity index (χ1) is 15.5. The van der Waals surface area contributed by atoms with Gasteiger partial charge in [-0.3, -0.25) is 9.36 Å². The third-order valence-corrected chi connectivity index (χ3v) is 6.34. The van der Waals surface area contributed by atoms with Gasteiger partial charge in [-0.2, -0.15) is 0 Å². The van der Waals surface area contributed by atoms with Gasteiger partial charge >= 0.3 is 0 Å². The Morgan fingerprint density at radius 2 is 1.88 bits per heavy atom. The van der Waals surface area contributed by atoms with E-state index in [1.165, 1.54) is 28.8 Å². The van der Waals surface area contributed by atoms with Crippen molar-refractivity contribution in [2.45, 2.75) is 19.9 Å². The van der Waals surface area contributed by atoms with Gasteiger partial charge in [-0.1, -0.05) is 6.07 Å². The predicted molar refractivity (Wildman–Crippen MR) is 132 cm³/mol. The SMILES string of the molecule is CCOc1ccc(-c2ccn(-c3ccc4c5c(n(C)c4c3)CN(C)CC5)c(=O)c2)c(F)c1.Cl. The van der Waals surface area contributed by atoms with Gasteiger partial charge in [-0.05, 0) is 61.9 Å². The Morgan fingerprint density at radius 3 is 2.61 bits per heavy atom. The highest BCUT2D eigenvalue weighted by atomic mass is 35.5. The van der Waals surface area contributed by atoms with Crippen molar-refractivity contribution in [1.29, 1.82) is 0 Å². The van der Waals surface area contributed by atoms with E-state index in [0.29, 0.717) is 23.5 Å². The number of pyridine rings is 1. The van der Waals surface area contributed by atoms with Crippen LogP contribution in [-0.4, -0.2) is 34.2 Å². The summed E-state index contributed by atoms with van der Waals surface area (Å²) >= 11 is 0. The maximum absolute atomic E-state index is 14.6. The Morgan fingerprint density at radius 1 is 1.06 bits per heavy atom. The number of aromatic nitrogens is 2. The first kappa shape index (κ1) is 23.1. The summed E-state index contributed by atoms with van der Waals surface area (Å²) in [4.78, 5) is 15.3. The zero-order chi connectivity index (χ0) is 22.4. The summed E-state index contributed by atoms with van der Waals surface area (Å²) in [5, 5.41) is 1.25. The summed E-state index contributed by atoms with van der Waals surface area (Å²) in [6.07, 6.45) is 2.75. The van der Waals surface area contributed by atoms with Crippen molar-refractivity contribution >= 4 is 23.3 Å². The highest BCUT2D eigenvalue weighted by molar-refractivity contribution is 5.87. The third-order valence-electron chi connectivity index (χ3n) is 6.34. The number of likely N-dealkylation sites (N-methyl/N-ethyl adjacent to an activating group) is 1. The molecule has 1 aliphatic rings. The van der Waals surface area contributed by atoms with Crippen LogP contribution in [0, 0.1) is 5.82 Å². The zero-order valence-electron chi connectivity index (χ0n) is 19.0. The van der Waals surface area contributed by atoms with Crippen LogP contribution in [0.15, 0.2) is 59.5 Å². The Bertz CT molecular complexity index is 1390. The maximum atomic E-state index is 14.6. The molecule has 172 valence electrons. The third kappa shape index (κ3) is 4.05. The molecule has 0 fully saturated rings. The molecule has 0 saturated carbocycles. The summed E-state index contributed by atoms with van der Waals surface area (Å²) in [6, 6.07) is 14.1. The van der Waals surface area contributed by atoms with Crippen LogP contribution < -0.4 is 10.3 Å². The molecule has 33 heavy (non-hydrogen) atoms. The van der Waals surface area contributed by atoms with Gasteiger partial charge in [0.2, 0.25) is 0 Å². The summed E-state index contributed by atoms with van der Waals surface area (Å²) in [7, 11) is 4.23. The fraction of sp³-hybridized carbons (Fsp3) is 0.269. The normalized spacial score (nSPS) is 13.6. The van der Waals surface area contributed by atoms with Crippen LogP contribution in [0.4, 0.5) is 4.39 Å². The fourth-order valence-corrected chi connectivity index (χ4v) is 4.67. The molecular formula is C26H27ClFN3O2. The Labute approximate surface area is 198 Å². The van der Waals surface area contributed by atoms with Crippen molar-refractivity contribution in [3.8, 4) is 22.6 Å². The van der Waals surface area contributed by atoms with Gasteiger partial charge in [-0.25, -0.2) is 4.39 Å². The minimum absolute atomic E-state index is 0. The zero-order valence-corrected chi connectivity index (χ0v) is 19.8. The lowest BCUT2D eigenvalue weighted by Gasteiger charge is -2.23. The van der Waals surface area contributed by atoms with Crippen LogP contribution >= 0.6 is 12.4 Å². The molecule has 2 aromatic heterocycles. The van der Waals surface area contributed by atoms with E-state index in [2.05, 4.69) is 35.7 Å². The van der Waals surface area contributed by atoms with Crippen molar-refractivity contribution in [2.75, 3.05) is 20.2 Å². The standard InChI is InChI=1S/C26H26FN3O2.ClH/c1-4-32-19-6-8-20(23(27)15-19)17-9-12-30(26(31)13-17)18-5-7-21-22-10-11-28(2)16-25(22)29(3)24(21)14-18;/h5-9,12-15H,4,10-11,16H2,1-3H3;1H. The lowest BCUT2D eigenvalue weighted by atomic mass is 10.0. The van der Waals surface area contributed by atoms with Gasteiger partial charge in [0.25, 0.3) is 5.56 Å². The number of hydrogen-bond donors (Lipinski definition) is 0. The van der Waals surface area contributed by atoms with Crippen LogP contribution in [0.3, 0.4) is 0 Å². The Hall–Kier alpha value is -3.09. The number of ether oxygens (including phenoxy) is 1. The monoisotopic (exact) mass is 467 g/mol. The lowest BCUT2D eigenvalue weighted by molar-refractivity contribution is 0.305. The number of halogens is 2. The van der Waals surface area contributed by atoms with E-state index in [0.717, 1.165) is 30.7 Å². The molecule has 0 bridgehead atoms. The topological polar surface area (TPSA) is 39.4 Å². The molecule has 5 nitrogen and oxygen atoms in total. The summed E-state index contributed by atoms with van der Waals surface area (Å²) in [5.41, 5.74) is 5.38. The second-order valence-corrected chi connectivity index (χ2v) is 8.37. The number of nitrogens with zero attached hydrogens (tertiary/aromatic N) is 3. The van der Waals surface area contributed by atoms with E-state index in [1.54, 1.807) is 29.0 Å². The highest BCUT2D eigenvalue weighted by Crippen LogP contribution is 2.31. The second-order valence-electron chi connectivity index (χ2n) is 8.37. The average molecular weight is 468 g/mol. The van der Waals surface area contributed by atoms with Crippen LogP contribution in [0.1, 0.15) is 18.2 Å². The molecule has 0 aliphatic carbocycles. The lowest BCUT2D eigenvalue weighted by Crippen LogP contribution is -2.27. The van der Waals surface area contributed by atoms with Crippen molar-refractivity contribution in [3.63, 3.8) is 0 Å². The number of fused-ring (bicyclic) bond motifs is 3. The highest BCUT2D eigenvalue weighted by Gasteiger charge is 2.21. The molecule has 0 atom stereocenters. The van der Waals surface area contributed by atoms with Crippen LogP contribution in [-0.2, 0) is 20.0 Å². The molecule has 4 aromatic rings. The van der Waals surface area contributed by atoms with Gasteiger partial charge < -0.3 is 14.2 Å². The molecule has 0 amide bonds. The number of aryl methyl sites for hydroxylation is 1. The van der Waals surface area contributed by atoms with Gasteiger partial charge in [0.05, 0.1) is 17.8 Å². The van der Waals surface area contributed by atoms with E-state index in [4.69, 9.17) is 4.74 Å². The van der Waals surface area contributed by atoms with Crippen LogP contribution in [0.5, 0.6) is 5.75 Å². The summed E-state index contributed by atoms with van der Waals surface area (Å²) in [6.45, 7) is 4.31. The van der Waals surface area contributed by atoms with Gasteiger partial charge in [0, 0.05) is 55.1 Å². The number of hydrogen-bond acceptors (Lipinski definition) is 3. The first-order valence-electron chi connectivity index (χ1n) is 10.9. The largest absolute Gasteiger partial charge is 0.494 e. The summed E-state index contributed by atoms with van der Waals surface area (Å²) < 4.78 is 23.8. The molecule has 0 N–H and O–H groups in total. The molecule has 0 spiro atoms. The fourth-order valence-electron chi connectivity index (χ4n) is 4.67.